The minimum absolute atomic E-state index is 0.00392. The van der Waals surface area contributed by atoms with Crippen molar-refractivity contribution in [2.45, 2.75) is 39.0 Å². The third kappa shape index (κ3) is 4.65. The fourth-order valence-electron chi connectivity index (χ4n) is 4.92. The van der Waals surface area contributed by atoms with Gasteiger partial charge in [0.1, 0.15) is 6.61 Å². The average Bonchev–Trinajstić information content (AvgIpc) is 3.57. The Kier molecular flexibility index (Phi) is 6.91. The van der Waals surface area contributed by atoms with Crippen molar-refractivity contribution < 1.29 is 24.2 Å². The molecule has 4 rings (SSSR count). The molecule has 0 radical (unpaired) electrons. The van der Waals surface area contributed by atoms with Gasteiger partial charge >= 0.3 is 12.1 Å². The Hall–Kier alpha value is -3.35. The van der Waals surface area contributed by atoms with Crippen LogP contribution in [0.1, 0.15) is 50.2 Å². The quantitative estimate of drug-likeness (QED) is 0.490. The molecule has 1 fully saturated rings. The second kappa shape index (κ2) is 9.87. The van der Waals surface area contributed by atoms with Gasteiger partial charge in [-0.05, 0) is 47.4 Å². The van der Waals surface area contributed by atoms with E-state index < -0.39 is 17.5 Å². The van der Waals surface area contributed by atoms with E-state index in [1.54, 1.807) is 0 Å². The monoisotopic (exact) mass is 464 g/mol. The lowest BCUT2D eigenvalue weighted by atomic mass is 9.82. The molecule has 180 valence electrons. The van der Waals surface area contributed by atoms with Crippen LogP contribution in [0.3, 0.4) is 0 Å². The van der Waals surface area contributed by atoms with E-state index in [9.17, 15) is 19.5 Å². The third-order valence-electron chi connectivity index (χ3n) is 7.52. The first-order chi connectivity index (χ1) is 16.4. The van der Waals surface area contributed by atoms with Crippen molar-refractivity contribution in [3.63, 3.8) is 0 Å². The van der Waals surface area contributed by atoms with E-state index in [1.165, 1.54) is 11.1 Å². The maximum absolute atomic E-state index is 12.4. The first-order valence-electron chi connectivity index (χ1n) is 12.0. The van der Waals surface area contributed by atoms with E-state index in [0.29, 0.717) is 25.8 Å². The van der Waals surface area contributed by atoms with Gasteiger partial charge in [-0.1, -0.05) is 62.4 Å². The van der Waals surface area contributed by atoms with Crippen molar-refractivity contribution in [2.75, 3.05) is 19.7 Å². The summed E-state index contributed by atoms with van der Waals surface area (Å²) in [5.74, 6) is -1.18. The lowest BCUT2D eigenvalue weighted by Crippen LogP contribution is -2.43. The SMILES string of the molecule is CCC(CC)(CNC(=O)C1CC1CNC(=O)OCC1c2ccccc2-c2ccccc21)C(=O)O. The van der Waals surface area contributed by atoms with Crippen LogP contribution in [0.4, 0.5) is 4.79 Å². The second-order valence-corrected chi connectivity index (χ2v) is 9.32. The number of hydrogen-bond acceptors (Lipinski definition) is 4. The van der Waals surface area contributed by atoms with Crippen molar-refractivity contribution in [3.8, 4) is 11.1 Å². The highest BCUT2D eigenvalue weighted by molar-refractivity contribution is 5.83. The van der Waals surface area contributed by atoms with Crippen molar-refractivity contribution in [1.29, 1.82) is 0 Å². The molecule has 0 heterocycles. The summed E-state index contributed by atoms with van der Waals surface area (Å²) in [6, 6.07) is 16.4. The zero-order valence-corrected chi connectivity index (χ0v) is 19.7. The molecule has 2 amide bonds. The summed E-state index contributed by atoms with van der Waals surface area (Å²) >= 11 is 0. The summed E-state index contributed by atoms with van der Waals surface area (Å²) in [4.78, 5) is 36.4. The van der Waals surface area contributed by atoms with Crippen LogP contribution in [0.2, 0.25) is 0 Å². The van der Waals surface area contributed by atoms with Gasteiger partial charge in [-0.3, -0.25) is 9.59 Å². The van der Waals surface area contributed by atoms with Crippen molar-refractivity contribution in [2.24, 2.45) is 17.3 Å². The van der Waals surface area contributed by atoms with Gasteiger partial charge in [0.05, 0.1) is 5.41 Å². The van der Waals surface area contributed by atoms with Crippen LogP contribution in [0.15, 0.2) is 48.5 Å². The molecule has 2 unspecified atom stereocenters. The molecule has 3 N–H and O–H groups in total. The molecule has 0 bridgehead atoms. The van der Waals surface area contributed by atoms with Gasteiger partial charge in [-0.15, -0.1) is 0 Å². The lowest BCUT2D eigenvalue weighted by Gasteiger charge is -2.26. The van der Waals surface area contributed by atoms with E-state index >= 15 is 0 Å². The predicted octanol–water partition coefficient (Wildman–Crippen LogP) is 4.17. The molecule has 34 heavy (non-hydrogen) atoms. The topological polar surface area (TPSA) is 105 Å². The summed E-state index contributed by atoms with van der Waals surface area (Å²) in [6.45, 7) is 4.38. The van der Waals surface area contributed by atoms with Crippen LogP contribution in [0, 0.1) is 17.3 Å². The number of amides is 2. The Morgan fingerprint density at radius 3 is 2.12 bits per heavy atom. The number of ether oxygens (including phenoxy) is 1. The number of nitrogens with one attached hydrogen (secondary N) is 2. The first kappa shape index (κ1) is 23.8. The van der Waals surface area contributed by atoms with Crippen LogP contribution in [-0.2, 0) is 14.3 Å². The molecule has 7 nitrogen and oxygen atoms in total. The smallest absolute Gasteiger partial charge is 0.407 e. The minimum atomic E-state index is -0.931. The maximum atomic E-state index is 12.4. The number of aliphatic carboxylic acids is 1. The summed E-state index contributed by atoms with van der Waals surface area (Å²) < 4.78 is 5.55. The fraction of sp³-hybridized carbons (Fsp3) is 0.444. The van der Waals surface area contributed by atoms with E-state index in [4.69, 9.17) is 4.74 Å². The summed E-state index contributed by atoms with van der Waals surface area (Å²) in [5, 5.41) is 15.1. The van der Waals surface area contributed by atoms with Crippen molar-refractivity contribution in [1.82, 2.24) is 10.6 Å². The third-order valence-corrected chi connectivity index (χ3v) is 7.52. The normalized spacial score (nSPS) is 18.5. The van der Waals surface area contributed by atoms with E-state index in [-0.39, 0.29) is 36.8 Å². The van der Waals surface area contributed by atoms with Crippen LogP contribution in [0.5, 0.6) is 0 Å². The molecule has 0 saturated heterocycles. The molecule has 2 aromatic rings. The summed E-state index contributed by atoms with van der Waals surface area (Å²) in [6.07, 6.45) is 1.09. The van der Waals surface area contributed by atoms with Crippen LogP contribution in [0.25, 0.3) is 11.1 Å². The number of carbonyl (C=O) groups is 3. The van der Waals surface area contributed by atoms with Crippen LogP contribution < -0.4 is 10.6 Å². The molecule has 0 spiro atoms. The fourth-order valence-corrected chi connectivity index (χ4v) is 4.92. The van der Waals surface area contributed by atoms with Gasteiger partial charge in [-0.25, -0.2) is 4.79 Å². The molecule has 0 aromatic heterocycles. The Labute approximate surface area is 199 Å². The number of fused-ring (bicyclic) bond motifs is 3. The van der Waals surface area contributed by atoms with Gasteiger partial charge in [0.25, 0.3) is 0 Å². The average molecular weight is 465 g/mol. The van der Waals surface area contributed by atoms with Crippen LogP contribution >= 0.6 is 0 Å². The molecule has 2 atom stereocenters. The Balaban J connectivity index is 1.23. The summed E-state index contributed by atoms with van der Waals surface area (Å²) in [7, 11) is 0. The highest BCUT2D eigenvalue weighted by Gasteiger charge is 2.44. The van der Waals surface area contributed by atoms with E-state index in [1.807, 2.05) is 38.1 Å². The highest BCUT2D eigenvalue weighted by atomic mass is 16.5. The number of alkyl carbamates (subject to hydrolysis) is 1. The zero-order valence-electron chi connectivity index (χ0n) is 19.7. The maximum Gasteiger partial charge on any atom is 0.407 e. The molecule has 2 aliphatic rings. The first-order valence-corrected chi connectivity index (χ1v) is 12.0. The number of carboxylic acid groups (broad SMARTS) is 1. The Bertz CT molecular complexity index is 1030. The van der Waals surface area contributed by atoms with Crippen molar-refractivity contribution in [3.05, 3.63) is 59.7 Å². The van der Waals surface area contributed by atoms with Gasteiger partial charge in [-0.2, -0.15) is 0 Å². The number of rotatable bonds is 10. The molecular formula is C27H32N2O5. The Morgan fingerprint density at radius 1 is 0.971 bits per heavy atom. The van der Waals surface area contributed by atoms with Crippen molar-refractivity contribution >= 4 is 18.0 Å². The molecule has 1 saturated carbocycles. The number of benzene rings is 2. The highest BCUT2D eigenvalue weighted by Crippen LogP contribution is 2.44. The predicted molar refractivity (Wildman–Crippen MR) is 128 cm³/mol. The molecule has 2 aliphatic carbocycles. The zero-order chi connectivity index (χ0) is 24.3. The minimum Gasteiger partial charge on any atom is -0.481 e. The largest absolute Gasteiger partial charge is 0.481 e. The van der Waals surface area contributed by atoms with E-state index in [2.05, 4.69) is 34.9 Å². The number of carboxylic acids is 1. The van der Waals surface area contributed by atoms with Gasteiger partial charge < -0.3 is 20.5 Å². The molecular weight excluding hydrogens is 432 g/mol. The number of hydrogen-bond donors (Lipinski definition) is 3. The standard InChI is InChI=1S/C27H32N2O5/c1-3-27(4-2,25(31)32)16-29-24(30)22-13-17(22)14-28-26(33)34-15-23-20-11-7-5-9-18(20)19-10-6-8-12-21(19)23/h5-12,17,22-23H,3-4,13-16H2,1-2H3,(H,28,33)(H,29,30)(H,31,32). The van der Waals surface area contributed by atoms with Gasteiger partial charge in [0.2, 0.25) is 5.91 Å². The van der Waals surface area contributed by atoms with Crippen LogP contribution in [-0.4, -0.2) is 42.8 Å². The lowest BCUT2D eigenvalue weighted by molar-refractivity contribution is -0.149. The molecule has 7 heteroatoms. The molecule has 2 aromatic carbocycles. The Morgan fingerprint density at radius 2 is 1.56 bits per heavy atom. The summed E-state index contributed by atoms with van der Waals surface area (Å²) in [5.41, 5.74) is 3.74. The molecule has 0 aliphatic heterocycles. The van der Waals surface area contributed by atoms with Gasteiger partial charge in [0, 0.05) is 24.9 Å². The van der Waals surface area contributed by atoms with E-state index in [0.717, 1.165) is 11.1 Å². The number of carbonyl (C=O) groups excluding carboxylic acids is 2. The second-order valence-electron chi connectivity index (χ2n) is 9.32. The van der Waals surface area contributed by atoms with Gasteiger partial charge in [0.15, 0.2) is 0 Å².